The molecule has 0 saturated carbocycles. The van der Waals surface area contributed by atoms with Crippen LogP contribution in [0.2, 0.25) is 0 Å². The summed E-state index contributed by atoms with van der Waals surface area (Å²) in [7, 11) is 2.07. The van der Waals surface area contributed by atoms with Gasteiger partial charge in [0.25, 0.3) is 0 Å². The minimum Gasteiger partial charge on any atom is -0.466 e. The highest BCUT2D eigenvalue weighted by Gasteiger charge is 2.35. The zero-order valence-corrected chi connectivity index (χ0v) is 7.86. The minimum absolute atomic E-state index is 0.709. The molecule has 1 aromatic heterocycles. The molecule has 2 rings (SSSR count). The van der Waals surface area contributed by atoms with Crippen LogP contribution in [0.15, 0.2) is 22.8 Å². The lowest BCUT2D eigenvalue weighted by Crippen LogP contribution is -2.40. The van der Waals surface area contributed by atoms with E-state index in [1.165, 1.54) is 0 Å². The fraction of sp³-hybridized carbons (Fsp3) is 0.600. The molecular weight excluding hydrogens is 166 g/mol. The summed E-state index contributed by atoms with van der Waals surface area (Å²) in [6.45, 7) is 1.86. The van der Waals surface area contributed by atoms with Crippen molar-refractivity contribution in [1.82, 2.24) is 4.90 Å². The zero-order chi connectivity index (χ0) is 9.31. The van der Waals surface area contributed by atoms with Crippen LogP contribution in [0, 0.1) is 0 Å². The van der Waals surface area contributed by atoms with Gasteiger partial charge in [0.1, 0.15) is 11.4 Å². The maximum Gasteiger partial charge on any atom is 0.135 e. The third-order valence-electron chi connectivity index (χ3n) is 2.79. The highest BCUT2D eigenvalue weighted by atomic mass is 16.4. The number of piperidine rings is 1. The summed E-state index contributed by atoms with van der Waals surface area (Å²) in [5.41, 5.74) is -0.726. The van der Waals surface area contributed by atoms with Gasteiger partial charge in [0.2, 0.25) is 0 Å². The van der Waals surface area contributed by atoms with Crippen LogP contribution in [0.3, 0.4) is 0 Å². The van der Waals surface area contributed by atoms with E-state index in [-0.39, 0.29) is 0 Å². The first-order valence-electron chi connectivity index (χ1n) is 4.66. The van der Waals surface area contributed by atoms with E-state index in [0.717, 1.165) is 25.9 Å². The monoisotopic (exact) mass is 181 g/mol. The van der Waals surface area contributed by atoms with Crippen molar-refractivity contribution in [2.75, 3.05) is 20.1 Å². The molecule has 3 heteroatoms. The summed E-state index contributed by atoms with van der Waals surface area (Å²) >= 11 is 0. The Morgan fingerprint density at radius 3 is 2.69 bits per heavy atom. The topological polar surface area (TPSA) is 36.6 Å². The second kappa shape index (κ2) is 3.16. The molecule has 1 aliphatic rings. The Balaban J connectivity index is 2.13. The first kappa shape index (κ1) is 8.78. The molecule has 0 radical (unpaired) electrons. The van der Waals surface area contributed by atoms with E-state index in [0.29, 0.717) is 5.76 Å². The average Bonchev–Trinajstić information content (AvgIpc) is 2.63. The smallest absolute Gasteiger partial charge is 0.135 e. The van der Waals surface area contributed by atoms with E-state index >= 15 is 0 Å². The second-order valence-corrected chi connectivity index (χ2v) is 3.81. The third kappa shape index (κ3) is 1.62. The molecule has 0 aliphatic carbocycles. The molecule has 0 amide bonds. The summed E-state index contributed by atoms with van der Waals surface area (Å²) in [6, 6.07) is 3.68. The lowest BCUT2D eigenvalue weighted by atomic mass is 9.89. The van der Waals surface area contributed by atoms with Crippen molar-refractivity contribution in [3.05, 3.63) is 24.2 Å². The standard InChI is InChI=1S/C10H15NO2/c1-11-6-4-10(12,5-7-11)9-3-2-8-13-9/h2-3,8,12H,4-7H2,1H3. The summed E-state index contributed by atoms with van der Waals surface area (Å²) in [6.07, 6.45) is 3.14. The molecule has 1 N–H and O–H groups in total. The van der Waals surface area contributed by atoms with E-state index < -0.39 is 5.60 Å². The Morgan fingerprint density at radius 2 is 2.15 bits per heavy atom. The highest BCUT2D eigenvalue weighted by molar-refractivity contribution is 5.10. The quantitative estimate of drug-likeness (QED) is 0.707. The van der Waals surface area contributed by atoms with Crippen LogP contribution in [0.5, 0.6) is 0 Å². The maximum absolute atomic E-state index is 10.2. The predicted octanol–water partition coefficient (Wildman–Crippen LogP) is 1.19. The van der Waals surface area contributed by atoms with E-state index in [9.17, 15) is 5.11 Å². The molecule has 0 unspecified atom stereocenters. The summed E-state index contributed by atoms with van der Waals surface area (Å²) < 4.78 is 5.24. The largest absolute Gasteiger partial charge is 0.466 e. The van der Waals surface area contributed by atoms with Gasteiger partial charge in [-0.1, -0.05) is 0 Å². The van der Waals surface area contributed by atoms with Gasteiger partial charge in [0.15, 0.2) is 0 Å². The number of hydrogen-bond donors (Lipinski definition) is 1. The van der Waals surface area contributed by atoms with E-state index in [2.05, 4.69) is 11.9 Å². The Kier molecular flexibility index (Phi) is 2.14. The Hall–Kier alpha value is -0.800. The van der Waals surface area contributed by atoms with E-state index in [4.69, 9.17) is 4.42 Å². The van der Waals surface area contributed by atoms with Crippen LogP contribution in [-0.4, -0.2) is 30.1 Å². The first-order valence-corrected chi connectivity index (χ1v) is 4.66. The van der Waals surface area contributed by atoms with Crippen LogP contribution in [0.1, 0.15) is 18.6 Å². The average molecular weight is 181 g/mol. The number of aliphatic hydroxyl groups is 1. The van der Waals surface area contributed by atoms with Gasteiger partial charge in [-0.15, -0.1) is 0 Å². The molecule has 0 aromatic carbocycles. The number of nitrogens with zero attached hydrogens (tertiary/aromatic N) is 1. The van der Waals surface area contributed by atoms with Crippen molar-refractivity contribution in [2.24, 2.45) is 0 Å². The number of rotatable bonds is 1. The van der Waals surface area contributed by atoms with Crippen molar-refractivity contribution in [2.45, 2.75) is 18.4 Å². The molecule has 0 spiro atoms. The molecule has 1 saturated heterocycles. The molecule has 1 aliphatic heterocycles. The molecule has 1 fully saturated rings. The van der Waals surface area contributed by atoms with Crippen molar-refractivity contribution >= 4 is 0 Å². The first-order chi connectivity index (χ1) is 6.21. The molecule has 72 valence electrons. The van der Waals surface area contributed by atoms with Gasteiger partial charge in [-0.25, -0.2) is 0 Å². The van der Waals surface area contributed by atoms with Crippen molar-refractivity contribution in [1.29, 1.82) is 0 Å². The van der Waals surface area contributed by atoms with Gasteiger partial charge in [-0.05, 0) is 32.0 Å². The highest BCUT2D eigenvalue weighted by Crippen LogP contribution is 2.32. The normalized spacial score (nSPS) is 23.2. The molecule has 1 aromatic rings. The lowest BCUT2D eigenvalue weighted by molar-refractivity contribution is -0.0371. The lowest BCUT2D eigenvalue weighted by Gasteiger charge is -2.34. The fourth-order valence-electron chi connectivity index (χ4n) is 1.78. The third-order valence-corrected chi connectivity index (χ3v) is 2.79. The molecule has 3 nitrogen and oxygen atoms in total. The predicted molar refractivity (Wildman–Crippen MR) is 49.3 cm³/mol. The number of hydrogen-bond acceptors (Lipinski definition) is 3. The molecule has 13 heavy (non-hydrogen) atoms. The Bertz CT molecular complexity index is 260. The summed E-state index contributed by atoms with van der Waals surface area (Å²) in [5, 5.41) is 10.2. The van der Waals surface area contributed by atoms with Crippen molar-refractivity contribution in [3.63, 3.8) is 0 Å². The van der Waals surface area contributed by atoms with Crippen LogP contribution >= 0.6 is 0 Å². The van der Waals surface area contributed by atoms with Crippen LogP contribution in [0.25, 0.3) is 0 Å². The van der Waals surface area contributed by atoms with Crippen molar-refractivity contribution in [3.8, 4) is 0 Å². The van der Waals surface area contributed by atoms with Crippen molar-refractivity contribution < 1.29 is 9.52 Å². The zero-order valence-electron chi connectivity index (χ0n) is 7.86. The Morgan fingerprint density at radius 1 is 1.46 bits per heavy atom. The number of likely N-dealkylation sites (tertiary alicyclic amines) is 1. The Labute approximate surface area is 78.0 Å². The van der Waals surface area contributed by atoms with Gasteiger partial charge in [-0.3, -0.25) is 0 Å². The van der Waals surface area contributed by atoms with Crippen LogP contribution in [0.4, 0.5) is 0 Å². The number of furan rings is 1. The summed E-state index contributed by atoms with van der Waals surface area (Å²) in [5.74, 6) is 0.709. The molecular formula is C10H15NO2. The SMILES string of the molecule is CN1CCC(O)(c2ccco2)CC1. The van der Waals surface area contributed by atoms with Gasteiger partial charge in [0, 0.05) is 13.1 Å². The van der Waals surface area contributed by atoms with Crippen LogP contribution < -0.4 is 0 Å². The van der Waals surface area contributed by atoms with E-state index in [1.807, 2.05) is 12.1 Å². The molecule has 2 heterocycles. The molecule has 0 bridgehead atoms. The van der Waals surface area contributed by atoms with Crippen LogP contribution in [-0.2, 0) is 5.60 Å². The summed E-state index contributed by atoms with van der Waals surface area (Å²) in [4.78, 5) is 2.22. The van der Waals surface area contributed by atoms with Gasteiger partial charge >= 0.3 is 0 Å². The van der Waals surface area contributed by atoms with E-state index in [1.54, 1.807) is 6.26 Å². The second-order valence-electron chi connectivity index (χ2n) is 3.81. The van der Waals surface area contributed by atoms with Gasteiger partial charge < -0.3 is 14.4 Å². The fourth-order valence-corrected chi connectivity index (χ4v) is 1.78. The van der Waals surface area contributed by atoms with Gasteiger partial charge in [-0.2, -0.15) is 0 Å². The molecule has 0 atom stereocenters. The minimum atomic E-state index is -0.726. The van der Waals surface area contributed by atoms with Gasteiger partial charge in [0.05, 0.1) is 6.26 Å². The maximum atomic E-state index is 10.2.